The van der Waals surface area contributed by atoms with Gasteiger partial charge >= 0.3 is 6.03 Å². The molecular formula is C24H20F4N6O. The zero-order chi connectivity index (χ0) is 25.3. The van der Waals surface area contributed by atoms with Gasteiger partial charge in [0.05, 0.1) is 23.5 Å². The molecule has 0 spiro atoms. The molecule has 0 atom stereocenters. The van der Waals surface area contributed by atoms with Crippen LogP contribution < -0.4 is 20.4 Å². The molecule has 0 radical (unpaired) electrons. The number of hydrogen-bond acceptors (Lipinski definition) is 5. The van der Waals surface area contributed by atoms with Crippen molar-refractivity contribution in [3.8, 4) is 17.2 Å². The number of rotatable bonds is 6. The summed E-state index contributed by atoms with van der Waals surface area (Å²) in [7, 11) is 1.72. The Balaban J connectivity index is 2.00. The first-order valence-corrected chi connectivity index (χ1v) is 10.7. The van der Waals surface area contributed by atoms with Gasteiger partial charge in [-0.15, -0.1) is 0 Å². The van der Waals surface area contributed by atoms with Gasteiger partial charge in [0.15, 0.2) is 11.6 Å². The summed E-state index contributed by atoms with van der Waals surface area (Å²) in [5, 5.41) is 15.1. The van der Waals surface area contributed by atoms with Crippen LogP contribution in [0.3, 0.4) is 0 Å². The Labute approximate surface area is 198 Å². The normalized spacial score (nSPS) is 12.7. The highest BCUT2D eigenvalue weighted by Gasteiger charge is 2.37. The highest BCUT2D eigenvalue weighted by molar-refractivity contribution is 6.15. The standard InChI is InChI=1S/C24H20F4N6O/c1-3-33-23-16(8-14(25)12-32-23)21-17(26)6-13(11-29)7-20(21)34(24(33)35)22-18(27)9-15(10-19(22)28)31-5-4-30-2/h6-10,12,30-31H,3-5H2,1-2H3. The number of nitrogens with zero attached hydrogens (tertiary/aromatic N) is 4. The fourth-order valence-corrected chi connectivity index (χ4v) is 3.96. The van der Waals surface area contributed by atoms with Crippen LogP contribution in [-0.2, 0) is 0 Å². The van der Waals surface area contributed by atoms with Gasteiger partial charge in [0.1, 0.15) is 23.1 Å². The number of nitrogens with one attached hydrogen (secondary N) is 2. The molecule has 11 heteroatoms. The highest BCUT2D eigenvalue weighted by atomic mass is 19.1. The number of carbonyl (C=O) groups is 1. The summed E-state index contributed by atoms with van der Waals surface area (Å²) in [5.41, 5.74) is -1.54. The number of benzene rings is 2. The van der Waals surface area contributed by atoms with Crippen molar-refractivity contribution >= 4 is 28.9 Å². The summed E-state index contributed by atoms with van der Waals surface area (Å²) >= 11 is 0. The van der Waals surface area contributed by atoms with Gasteiger partial charge in [0, 0.05) is 36.4 Å². The lowest BCUT2D eigenvalue weighted by molar-refractivity contribution is 0.253. The molecule has 1 aromatic heterocycles. The fourth-order valence-electron chi connectivity index (χ4n) is 3.96. The molecule has 0 unspecified atom stereocenters. The number of fused-ring (bicyclic) bond motifs is 3. The minimum Gasteiger partial charge on any atom is -0.384 e. The van der Waals surface area contributed by atoms with E-state index in [1.807, 2.05) is 0 Å². The summed E-state index contributed by atoms with van der Waals surface area (Å²) in [5.74, 6) is -4.06. The predicted octanol–water partition coefficient (Wildman–Crippen LogP) is 4.91. The molecule has 4 rings (SSSR count). The zero-order valence-electron chi connectivity index (χ0n) is 18.8. The molecule has 7 nitrogen and oxygen atoms in total. The molecule has 2 aromatic carbocycles. The van der Waals surface area contributed by atoms with Crippen LogP contribution in [0.5, 0.6) is 0 Å². The molecule has 0 saturated heterocycles. The maximum atomic E-state index is 15.4. The minimum atomic E-state index is -1.10. The summed E-state index contributed by atoms with van der Waals surface area (Å²) in [6.45, 7) is 2.48. The third-order valence-electron chi connectivity index (χ3n) is 5.48. The van der Waals surface area contributed by atoms with E-state index < -0.39 is 35.0 Å². The van der Waals surface area contributed by atoms with Crippen LogP contribution in [0.4, 0.5) is 45.2 Å². The monoisotopic (exact) mass is 484 g/mol. The molecule has 0 saturated carbocycles. The number of halogens is 4. The van der Waals surface area contributed by atoms with Crippen molar-refractivity contribution in [2.75, 3.05) is 41.8 Å². The van der Waals surface area contributed by atoms with Crippen molar-refractivity contribution in [1.82, 2.24) is 10.3 Å². The first kappa shape index (κ1) is 24.0. The van der Waals surface area contributed by atoms with Crippen molar-refractivity contribution in [2.45, 2.75) is 6.92 Å². The van der Waals surface area contributed by atoms with Crippen molar-refractivity contribution < 1.29 is 22.4 Å². The van der Waals surface area contributed by atoms with E-state index in [1.54, 1.807) is 20.0 Å². The number of carbonyl (C=O) groups excluding carboxylic acids is 1. The lowest BCUT2D eigenvalue weighted by Gasteiger charge is -2.28. The molecule has 2 amide bonds. The van der Waals surface area contributed by atoms with Crippen LogP contribution in [0.15, 0.2) is 36.5 Å². The average molecular weight is 484 g/mol. The van der Waals surface area contributed by atoms with Gasteiger partial charge in [0.2, 0.25) is 0 Å². The van der Waals surface area contributed by atoms with E-state index in [0.717, 1.165) is 41.4 Å². The maximum absolute atomic E-state index is 15.4. The lowest BCUT2D eigenvalue weighted by Crippen LogP contribution is -2.41. The number of pyridine rings is 1. The number of likely N-dealkylation sites (N-methyl/N-ethyl adjacent to an activating group) is 1. The van der Waals surface area contributed by atoms with Crippen molar-refractivity contribution in [3.05, 3.63) is 65.4 Å². The zero-order valence-corrected chi connectivity index (χ0v) is 18.8. The van der Waals surface area contributed by atoms with Crippen LogP contribution in [0.25, 0.3) is 11.1 Å². The van der Waals surface area contributed by atoms with Gasteiger partial charge in [-0.3, -0.25) is 9.80 Å². The van der Waals surface area contributed by atoms with Gasteiger partial charge in [-0.25, -0.2) is 27.3 Å². The number of aromatic nitrogens is 1. The summed E-state index contributed by atoms with van der Waals surface area (Å²) < 4.78 is 60.2. The van der Waals surface area contributed by atoms with E-state index in [9.17, 15) is 14.4 Å². The van der Waals surface area contributed by atoms with E-state index in [2.05, 4.69) is 15.6 Å². The number of urea groups is 1. The number of nitriles is 1. The smallest absolute Gasteiger partial charge is 0.334 e. The van der Waals surface area contributed by atoms with E-state index in [1.165, 1.54) is 0 Å². The molecule has 1 aliphatic heterocycles. The SMILES string of the molecule is CCN1C(=O)N(c2c(F)cc(NCCNC)cc2F)c2cc(C#N)cc(F)c2-c2cc(F)cnc21. The van der Waals surface area contributed by atoms with Gasteiger partial charge < -0.3 is 10.6 Å². The summed E-state index contributed by atoms with van der Waals surface area (Å²) in [6.07, 6.45) is 0.860. The van der Waals surface area contributed by atoms with Crippen LogP contribution in [0.1, 0.15) is 12.5 Å². The predicted molar refractivity (Wildman–Crippen MR) is 124 cm³/mol. The van der Waals surface area contributed by atoms with Crippen LogP contribution in [-0.4, -0.2) is 37.7 Å². The van der Waals surface area contributed by atoms with Crippen molar-refractivity contribution in [3.63, 3.8) is 0 Å². The third-order valence-corrected chi connectivity index (χ3v) is 5.48. The molecule has 2 N–H and O–H groups in total. The van der Waals surface area contributed by atoms with Gasteiger partial charge in [0.25, 0.3) is 0 Å². The van der Waals surface area contributed by atoms with Crippen LogP contribution in [0, 0.1) is 34.6 Å². The Kier molecular flexibility index (Phi) is 6.57. The third kappa shape index (κ3) is 4.24. The molecule has 35 heavy (non-hydrogen) atoms. The van der Waals surface area contributed by atoms with E-state index in [0.29, 0.717) is 18.0 Å². The van der Waals surface area contributed by atoms with E-state index in [-0.39, 0.29) is 40.4 Å². The van der Waals surface area contributed by atoms with Gasteiger partial charge in [-0.2, -0.15) is 5.26 Å². The average Bonchev–Trinajstić information content (AvgIpc) is 2.91. The molecule has 0 fully saturated rings. The van der Waals surface area contributed by atoms with E-state index in [4.69, 9.17) is 0 Å². The summed E-state index contributed by atoms with van der Waals surface area (Å²) in [4.78, 5) is 19.3. The van der Waals surface area contributed by atoms with Gasteiger partial charge in [-0.1, -0.05) is 0 Å². The molecule has 0 bridgehead atoms. The van der Waals surface area contributed by atoms with Crippen LogP contribution >= 0.6 is 0 Å². The topological polar surface area (TPSA) is 84.3 Å². The second-order valence-electron chi connectivity index (χ2n) is 7.67. The molecule has 3 aromatic rings. The molecule has 2 heterocycles. The Morgan fingerprint density at radius 3 is 2.37 bits per heavy atom. The largest absolute Gasteiger partial charge is 0.384 e. The quantitative estimate of drug-likeness (QED) is 0.384. The number of hydrogen-bond donors (Lipinski definition) is 2. The fraction of sp³-hybridized carbons (Fsp3) is 0.208. The molecule has 180 valence electrons. The van der Waals surface area contributed by atoms with Crippen molar-refractivity contribution in [1.29, 1.82) is 5.26 Å². The Bertz CT molecular complexity index is 1330. The lowest BCUT2D eigenvalue weighted by atomic mass is 10.00. The molecule has 1 aliphatic rings. The van der Waals surface area contributed by atoms with Crippen LogP contribution in [0.2, 0.25) is 0 Å². The molecule has 0 aliphatic carbocycles. The summed E-state index contributed by atoms with van der Waals surface area (Å²) in [6, 6.07) is 5.85. The van der Waals surface area contributed by atoms with Crippen molar-refractivity contribution in [2.24, 2.45) is 0 Å². The number of amides is 2. The maximum Gasteiger partial charge on any atom is 0.334 e. The Morgan fingerprint density at radius 2 is 1.74 bits per heavy atom. The highest BCUT2D eigenvalue weighted by Crippen LogP contribution is 2.46. The Morgan fingerprint density at radius 1 is 1.03 bits per heavy atom. The molecular weight excluding hydrogens is 464 g/mol. The first-order valence-electron chi connectivity index (χ1n) is 10.7. The second kappa shape index (κ2) is 9.60. The number of anilines is 4. The first-order chi connectivity index (χ1) is 16.8. The van der Waals surface area contributed by atoms with E-state index >= 15 is 13.2 Å². The second-order valence-corrected chi connectivity index (χ2v) is 7.67. The Hall–Kier alpha value is -4.17. The van der Waals surface area contributed by atoms with Gasteiger partial charge in [-0.05, 0) is 44.3 Å². The minimum absolute atomic E-state index is 0.0193.